The van der Waals surface area contributed by atoms with Crippen LogP contribution in [0, 0.1) is 12.7 Å². The van der Waals surface area contributed by atoms with Crippen molar-refractivity contribution in [3.63, 3.8) is 0 Å². The van der Waals surface area contributed by atoms with Crippen LogP contribution in [0.3, 0.4) is 0 Å². The lowest BCUT2D eigenvalue weighted by atomic mass is 10.1. The third-order valence-corrected chi connectivity index (χ3v) is 4.32. The molecule has 0 aliphatic rings. The summed E-state index contributed by atoms with van der Waals surface area (Å²) in [6.45, 7) is 7.70. The minimum Gasteiger partial charge on any atom is -0.325 e. The van der Waals surface area contributed by atoms with E-state index in [1.54, 1.807) is 13.0 Å². The van der Waals surface area contributed by atoms with Gasteiger partial charge in [-0.3, -0.25) is 4.79 Å². The van der Waals surface area contributed by atoms with Crippen molar-refractivity contribution < 1.29 is 9.18 Å². The molecule has 3 N–H and O–H groups in total. The predicted molar refractivity (Wildman–Crippen MR) is 103 cm³/mol. The first kappa shape index (κ1) is 18.1. The van der Waals surface area contributed by atoms with Gasteiger partial charge in [-0.05, 0) is 63.6 Å². The van der Waals surface area contributed by atoms with Crippen molar-refractivity contribution >= 4 is 22.6 Å². The Labute approximate surface area is 152 Å². The van der Waals surface area contributed by atoms with Crippen molar-refractivity contribution in [2.75, 3.05) is 5.32 Å². The van der Waals surface area contributed by atoms with E-state index in [4.69, 9.17) is 5.73 Å². The average molecular weight is 354 g/mol. The minimum atomic E-state index is -0.575. The highest BCUT2D eigenvalue weighted by Crippen LogP contribution is 2.30. The SMILES string of the molecule is Cc1cc(-c2nc3cc(F)ccc3n2C(C)C)ccc1NC(=O)C(C)N. The Bertz CT molecular complexity index is 975. The third kappa shape index (κ3) is 3.32. The summed E-state index contributed by atoms with van der Waals surface area (Å²) in [4.78, 5) is 16.5. The maximum absolute atomic E-state index is 13.6. The number of aryl methyl sites for hydroxylation is 1. The second-order valence-electron chi connectivity index (χ2n) is 6.84. The molecule has 0 saturated carbocycles. The second-order valence-corrected chi connectivity index (χ2v) is 6.84. The lowest BCUT2D eigenvalue weighted by Gasteiger charge is -2.15. The van der Waals surface area contributed by atoms with Gasteiger partial charge in [0.05, 0.1) is 17.1 Å². The van der Waals surface area contributed by atoms with Gasteiger partial charge in [-0.25, -0.2) is 9.37 Å². The molecule has 0 radical (unpaired) electrons. The van der Waals surface area contributed by atoms with Crippen LogP contribution >= 0.6 is 0 Å². The van der Waals surface area contributed by atoms with E-state index >= 15 is 0 Å². The topological polar surface area (TPSA) is 72.9 Å². The third-order valence-electron chi connectivity index (χ3n) is 4.32. The van der Waals surface area contributed by atoms with Gasteiger partial charge in [0, 0.05) is 23.4 Å². The zero-order chi connectivity index (χ0) is 19.0. The van der Waals surface area contributed by atoms with Gasteiger partial charge in [0.25, 0.3) is 0 Å². The zero-order valence-electron chi connectivity index (χ0n) is 15.4. The molecule has 0 spiro atoms. The van der Waals surface area contributed by atoms with Crippen molar-refractivity contribution in [3.8, 4) is 11.4 Å². The minimum absolute atomic E-state index is 0.165. The molecule has 1 unspecified atom stereocenters. The van der Waals surface area contributed by atoms with Gasteiger partial charge in [0.2, 0.25) is 5.91 Å². The molecular weight excluding hydrogens is 331 g/mol. The molecule has 6 heteroatoms. The quantitative estimate of drug-likeness (QED) is 0.743. The highest BCUT2D eigenvalue weighted by Gasteiger charge is 2.17. The number of hydrogen-bond acceptors (Lipinski definition) is 3. The molecule has 3 rings (SSSR count). The Kier molecular flexibility index (Phi) is 4.78. The summed E-state index contributed by atoms with van der Waals surface area (Å²) in [5, 5.41) is 2.82. The summed E-state index contributed by atoms with van der Waals surface area (Å²) in [6.07, 6.45) is 0. The lowest BCUT2D eigenvalue weighted by Crippen LogP contribution is -2.32. The van der Waals surface area contributed by atoms with E-state index in [1.165, 1.54) is 12.1 Å². The first-order valence-corrected chi connectivity index (χ1v) is 8.63. The van der Waals surface area contributed by atoms with Crippen molar-refractivity contribution in [2.24, 2.45) is 5.73 Å². The van der Waals surface area contributed by atoms with E-state index < -0.39 is 6.04 Å². The molecule has 136 valence electrons. The van der Waals surface area contributed by atoms with E-state index in [0.717, 1.165) is 22.5 Å². The number of nitrogens with zero attached hydrogens (tertiary/aromatic N) is 2. The normalized spacial score (nSPS) is 12.6. The molecule has 0 saturated heterocycles. The number of hydrogen-bond donors (Lipinski definition) is 2. The summed E-state index contributed by atoms with van der Waals surface area (Å²) in [5.41, 5.74) is 9.66. The number of carbonyl (C=O) groups excluding carboxylic acids is 1. The first-order valence-electron chi connectivity index (χ1n) is 8.63. The molecule has 0 fully saturated rings. The Balaban J connectivity index is 2.08. The average Bonchev–Trinajstić information content (AvgIpc) is 2.95. The van der Waals surface area contributed by atoms with E-state index in [-0.39, 0.29) is 17.8 Å². The van der Waals surface area contributed by atoms with Crippen molar-refractivity contribution in [3.05, 3.63) is 47.8 Å². The second kappa shape index (κ2) is 6.88. The van der Waals surface area contributed by atoms with Gasteiger partial charge in [0.15, 0.2) is 0 Å². The van der Waals surface area contributed by atoms with E-state index in [1.807, 2.05) is 25.1 Å². The van der Waals surface area contributed by atoms with Crippen LogP contribution in [0.25, 0.3) is 22.4 Å². The highest BCUT2D eigenvalue weighted by atomic mass is 19.1. The standard InChI is InChI=1S/C20H23FN4O/c1-11(2)25-18-8-6-15(21)10-17(18)23-19(25)14-5-7-16(12(3)9-14)24-20(26)13(4)22/h5-11,13H,22H2,1-4H3,(H,24,26). The maximum Gasteiger partial charge on any atom is 0.241 e. The Morgan fingerprint density at radius 1 is 1.19 bits per heavy atom. The number of aromatic nitrogens is 2. The Morgan fingerprint density at radius 2 is 1.92 bits per heavy atom. The van der Waals surface area contributed by atoms with E-state index in [0.29, 0.717) is 11.2 Å². The predicted octanol–water partition coefficient (Wildman–Crippen LogP) is 4.02. The van der Waals surface area contributed by atoms with Gasteiger partial charge in [0.1, 0.15) is 11.6 Å². The number of benzene rings is 2. The van der Waals surface area contributed by atoms with Crippen LogP contribution < -0.4 is 11.1 Å². The monoisotopic (exact) mass is 354 g/mol. The first-order chi connectivity index (χ1) is 12.3. The number of imidazole rings is 1. The van der Waals surface area contributed by atoms with Gasteiger partial charge < -0.3 is 15.6 Å². The van der Waals surface area contributed by atoms with Crippen LogP contribution in [0.4, 0.5) is 10.1 Å². The van der Waals surface area contributed by atoms with Crippen LogP contribution in [0.2, 0.25) is 0 Å². The molecule has 1 atom stereocenters. The number of nitrogens with one attached hydrogen (secondary N) is 1. The summed E-state index contributed by atoms with van der Waals surface area (Å²) < 4.78 is 15.7. The van der Waals surface area contributed by atoms with Gasteiger partial charge in [-0.15, -0.1) is 0 Å². The van der Waals surface area contributed by atoms with E-state index in [2.05, 4.69) is 28.7 Å². The summed E-state index contributed by atoms with van der Waals surface area (Å²) >= 11 is 0. The Hall–Kier alpha value is -2.73. The van der Waals surface area contributed by atoms with E-state index in [9.17, 15) is 9.18 Å². The van der Waals surface area contributed by atoms with Gasteiger partial charge in [-0.1, -0.05) is 0 Å². The van der Waals surface area contributed by atoms with Crippen LogP contribution in [-0.4, -0.2) is 21.5 Å². The molecular formula is C20H23FN4O. The fourth-order valence-corrected chi connectivity index (χ4v) is 2.99. The number of rotatable bonds is 4. The van der Waals surface area contributed by atoms with Crippen LogP contribution in [-0.2, 0) is 4.79 Å². The number of carbonyl (C=O) groups is 1. The molecule has 0 aliphatic heterocycles. The molecule has 5 nitrogen and oxygen atoms in total. The molecule has 0 bridgehead atoms. The summed E-state index contributed by atoms with van der Waals surface area (Å²) in [5.74, 6) is 0.238. The van der Waals surface area contributed by atoms with Crippen LogP contribution in [0.5, 0.6) is 0 Å². The highest BCUT2D eigenvalue weighted by molar-refractivity contribution is 5.95. The smallest absolute Gasteiger partial charge is 0.241 e. The van der Waals surface area contributed by atoms with Crippen LogP contribution in [0.15, 0.2) is 36.4 Å². The number of anilines is 1. The molecule has 0 aliphatic carbocycles. The van der Waals surface area contributed by atoms with Crippen molar-refractivity contribution in [2.45, 2.75) is 39.8 Å². The largest absolute Gasteiger partial charge is 0.325 e. The number of fused-ring (bicyclic) bond motifs is 1. The lowest BCUT2D eigenvalue weighted by molar-refractivity contribution is -0.117. The van der Waals surface area contributed by atoms with Crippen LogP contribution in [0.1, 0.15) is 32.4 Å². The zero-order valence-corrected chi connectivity index (χ0v) is 15.4. The van der Waals surface area contributed by atoms with Crippen molar-refractivity contribution in [1.82, 2.24) is 9.55 Å². The van der Waals surface area contributed by atoms with Gasteiger partial charge in [-0.2, -0.15) is 0 Å². The molecule has 2 aromatic carbocycles. The summed E-state index contributed by atoms with van der Waals surface area (Å²) in [7, 11) is 0. The molecule has 1 aromatic heterocycles. The number of halogens is 1. The number of amides is 1. The fraction of sp³-hybridized carbons (Fsp3) is 0.300. The molecule has 3 aromatic rings. The molecule has 1 heterocycles. The molecule has 1 amide bonds. The number of nitrogens with two attached hydrogens (primary N) is 1. The molecule has 26 heavy (non-hydrogen) atoms. The van der Waals surface area contributed by atoms with Crippen molar-refractivity contribution in [1.29, 1.82) is 0 Å². The van der Waals surface area contributed by atoms with Gasteiger partial charge >= 0.3 is 0 Å². The summed E-state index contributed by atoms with van der Waals surface area (Å²) in [6, 6.07) is 9.95. The Morgan fingerprint density at radius 3 is 2.54 bits per heavy atom. The maximum atomic E-state index is 13.6. The fourth-order valence-electron chi connectivity index (χ4n) is 2.99.